The Kier molecular flexibility index (Phi) is 2.58. The quantitative estimate of drug-likeness (QED) is 0.672. The Balaban J connectivity index is 2.61. The maximum atomic E-state index is 11.8. The maximum absolute atomic E-state index is 11.8. The van der Waals surface area contributed by atoms with Crippen molar-refractivity contribution in [3.05, 3.63) is 40.5 Å². The average molecular weight is 216 g/mol. The molecule has 0 N–H and O–H groups in total. The van der Waals surface area contributed by atoms with E-state index in [1.54, 1.807) is 0 Å². The van der Waals surface area contributed by atoms with Crippen LogP contribution in [0, 0.1) is 19.8 Å². The molecule has 16 heavy (non-hydrogen) atoms. The summed E-state index contributed by atoms with van der Waals surface area (Å²) in [4.78, 5) is 11.8. The van der Waals surface area contributed by atoms with Crippen LogP contribution in [0.1, 0.15) is 40.9 Å². The van der Waals surface area contributed by atoms with E-state index in [1.807, 2.05) is 32.1 Å². The normalized spacial score (nSPS) is 16.8. The van der Waals surface area contributed by atoms with Gasteiger partial charge in [0.05, 0.1) is 5.56 Å². The lowest BCUT2D eigenvalue weighted by Gasteiger charge is -2.03. The molecule has 0 saturated heterocycles. The molecule has 0 atom stereocenters. The van der Waals surface area contributed by atoms with Crippen molar-refractivity contribution in [2.24, 2.45) is 5.92 Å². The fourth-order valence-electron chi connectivity index (χ4n) is 1.92. The lowest BCUT2D eigenvalue weighted by Crippen LogP contribution is -1.98. The van der Waals surface area contributed by atoms with Gasteiger partial charge in [0.2, 0.25) is 0 Å². The fraction of sp³-hybridized carbons (Fsp3) is 0.357. The zero-order valence-electron chi connectivity index (χ0n) is 10.1. The zero-order chi connectivity index (χ0) is 11.9. The van der Waals surface area contributed by atoms with Crippen molar-refractivity contribution < 1.29 is 9.53 Å². The Morgan fingerprint density at radius 2 is 1.94 bits per heavy atom. The second kappa shape index (κ2) is 3.78. The molecule has 2 heteroatoms. The van der Waals surface area contributed by atoms with Crippen molar-refractivity contribution in [3.8, 4) is 0 Å². The summed E-state index contributed by atoms with van der Waals surface area (Å²) in [6, 6.07) is 4.00. The van der Waals surface area contributed by atoms with E-state index in [2.05, 4.69) is 13.8 Å². The summed E-state index contributed by atoms with van der Waals surface area (Å²) in [6.07, 6.45) is 1.98. The van der Waals surface area contributed by atoms with Gasteiger partial charge < -0.3 is 4.74 Å². The van der Waals surface area contributed by atoms with E-state index in [9.17, 15) is 4.79 Å². The first kappa shape index (κ1) is 10.9. The third-order valence-corrected chi connectivity index (χ3v) is 2.89. The van der Waals surface area contributed by atoms with E-state index in [4.69, 9.17) is 4.74 Å². The van der Waals surface area contributed by atoms with Gasteiger partial charge in [0.1, 0.15) is 5.76 Å². The molecule has 1 aliphatic heterocycles. The number of rotatable bonds is 1. The van der Waals surface area contributed by atoms with Crippen LogP contribution in [0.15, 0.2) is 18.2 Å². The monoisotopic (exact) mass is 216 g/mol. The predicted octanol–water partition coefficient (Wildman–Crippen LogP) is 3.47. The Morgan fingerprint density at radius 3 is 2.56 bits per heavy atom. The first-order chi connectivity index (χ1) is 7.50. The molecule has 0 unspecified atom stereocenters. The van der Waals surface area contributed by atoms with E-state index >= 15 is 0 Å². The number of allylic oxidation sites excluding steroid dienone is 1. The van der Waals surface area contributed by atoms with Gasteiger partial charge in [0.25, 0.3) is 0 Å². The smallest absolute Gasteiger partial charge is 0.344 e. The number of cyclic esters (lactones) is 1. The molecule has 0 spiro atoms. The number of ether oxygens (including phenoxy) is 1. The molecule has 0 aromatic heterocycles. The summed E-state index contributed by atoms with van der Waals surface area (Å²) in [6.45, 7) is 8.11. The number of fused-ring (bicyclic) bond motifs is 1. The first-order valence-corrected chi connectivity index (χ1v) is 5.55. The highest BCUT2D eigenvalue weighted by Gasteiger charge is 2.28. The van der Waals surface area contributed by atoms with Crippen molar-refractivity contribution in [2.45, 2.75) is 27.7 Å². The van der Waals surface area contributed by atoms with Crippen molar-refractivity contribution in [3.63, 3.8) is 0 Å². The van der Waals surface area contributed by atoms with E-state index in [-0.39, 0.29) is 5.97 Å². The minimum Gasteiger partial charge on any atom is -0.423 e. The largest absolute Gasteiger partial charge is 0.423 e. The molecule has 84 valence electrons. The highest BCUT2D eigenvalue weighted by atomic mass is 16.5. The Bertz CT molecular complexity index is 482. The van der Waals surface area contributed by atoms with Crippen LogP contribution in [0.2, 0.25) is 0 Å². The molecular weight excluding hydrogens is 200 g/mol. The standard InChI is InChI=1S/C14H16O2/c1-8(2)7-12-11-6-5-9(3)10(4)13(11)14(15)16-12/h5-8H,1-4H3. The zero-order valence-corrected chi connectivity index (χ0v) is 10.1. The highest BCUT2D eigenvalue weighted by Crippen LogP contribution is 2.33. The van der Waals surface area contributed by atoms with Gasteiger partial charge in [0.15, 0.2) is 0 Å². The van der Waals surface area contributed by atoms with Gasteiger partial charge >= 0.3 is 5.97 Å². The van der Waals surface area contributed by atoms with E-state index in [0.29, 0.717) is 11.7 Å². The van der Waals surface area contributed by atoms with Gasteiger partial charge in [-0.1, -0.05) is 26.0 Å². The lowest BCUT2D eigenvalue weighted by atomic mass is 9.97. The van der Waals surface area contributed by atoms with Crippen LogP contribution >= 0.6 is 0 Å². The third-order valence-electron chi connectivity index (χ3n) is 2.89. The molecular formula is C14H16O2. The van der Waals surface area contributed by atoms with Gasteiger partial charge in [-0.15, -0.1) is 0 Å². The van der Waals surface area contributed by atoms with Gasteiger partial charge in [-0.25, -0.2) is 4.79 Å². The molecule has 0 saturated carbocycles. The first-order valence-electron chi connectivity index (χ1n) is 5.55. The SMILES string of the molecule is Cc1ccc2c(c1C)C(=O)OC2=CC(C)C. The highest BCUT2D eigenvalue weighted by molar-refractivity contribution is 6.04. The van der Waals surface area contributed by atoms with Crippen molar-refractivity contribution in [1.82, 2.24) is 0 Å². The number of aryl methyl sites for hydroxylation is 1. The lowest BCUT2D eigenvalue weighted by molar-refractivity contribution is 0.0714. The Hall–Kier alpha value is -1.57. The van der Waals surface area contributed by atoms with E-state index in [0.717, 1.165) is 22.3 Å². The minimum atomic E-state index is -0.219. The summed E-state index contributed by atoms with van der Waals surface area (Å²) in [7, 11) is 0. The molecule has 0 bridgehead atoms. The van der Waals surface area contributed by atoms with Crippen LogP contribution in [0.25, 0.3) is 5.76 Å². The van der Waals surface area contributed by atoms with Gasteiger partial charge in [0, 0.05) is 5.56 Å². The molecule has 1 aliphatic rings. The molecule has 0 amide bonds. The molecule has 0 aliphatic carbocycles. The van der Waals surface area contributed by atoms with Crippen LogP contribution < -0.4 is 0 Å². The van der Waals surface area contributed by atoms with Gasteiger partial charge in [-0.3, -0.25) is 0 Å². The van der Waals surface area contributed by atoms with Crippen LogP contribution in [-0.4, -0.2) is 5.97 Å². The Morgan fingerprint density at radius 1 is 1.25 bits per heavy atom. The number of hydrogen-bond donors (Lipinski definition) is 0. The minimum absolute atomic E-state index is 0.219. The summed E-state index contributed by atoms with van der Waals surface area (Å²) in [5.41, 5.74) is 3.81. The van der Waals surface area contributed by atoms with Gasteiger partial charge in [-0.05, 0) is 37.0 Å². The third kappa shape index (κ3) is 1.64. The summed E-state index contributed by atoms with van der Waals surface area (Å²) in [5.74, 6) is 0.858. The molecule has 0 radical (unpaired) electrons. The maximum Gasteiger partial charge on any atom is 0.344 e. The number of hydrogen-bond acceptors (Lipinski definition) is 2. The number of carbonyl (C=O) groups excluding carboxylic acids is 1. The molecule has 0 fully saturated rings. The fourth-order valence-corrected chi connectivity index (χ4v) is 1.92. The van der Waals surface area contributed by atoms with Crippen molar-refractivity contribution >= 4 is 11.7 Å². The van der Waals surface area contributed by atoms with Crippen molar-refractivity contribution in [2.75, 3.05) is 0 Å². The molecule has 2 rings (SSSR count). The van der Waals surface area contributed by atoms with E-state index < -0.39 is 0 Å². The van der Waals surface area contributed by atoms with Gasteiger partial charge in [-0.2, -0.15) is 0 Å². The molecule has 1 aromatic rings. The molecule has 1 heterocycles. The average Bonchev–Trinajstić information content (AvgIpc) is 2.49. The predicted molar refractivity (Wildman–Crippen MR) is 64.1 cm³/mol. The number of carbonyl (C=O) groups is 1. The Labute approximate surface area is 95.9 Å². The second-order valence-electron chi connectivity index (χ2n) is 4.59. The second-order valence-corrected chi connectivity index (χ2v) is 4.59. The van der Waals surface area contributed by atoms with Crippen LogP contribution in [0.4, 0.5) is 0 Å². The summed E-state index contributed by atoms with van der Waals surface area (Å²) in [5, 5.41) is 0. The molecule has 2 nitrogen and oxygen atoms in total. The number of benzene rings is 1. The van der Waals surface area contributed by atoms with Crippen LogP contribution in [0.3, 0.4) is 0 Å². The summed E-state index contributed by atoms with van der Waals surface area (Å²) < 4.78 is 5.30. The van der Waals surface area contributed by atoms with Crippen molar-refractivity contribution in [1.29, 1.82) is 0 Å². The topological polar surface area (TPSA) is 26.3 Å². The van der Waals surface area contributed by atoms with Crippen LogP contribution in [0.5, 0.6) is 0 Å². The molecule has 1 aromatic carbocycles. The summed E-state index contributed by atoms with van der Waals surface area (Å²) >= 11 is 0. The number of esters is 1. The van der Waals surface area contributed by atoms with E-state index in [1.165, 1.54) is 0 Å². The van der Waals surface area contributed by atoms with Crippen LogP contribution in [-0.2, 0) is 4.74 Å².